The zero-order valence-electron chi connectivity index (χ0n) is 10.3. The standard InChI is InChI=1S/C13H18ClNO2/c1-8(2)12-9(3-4-15)10(14)7-11-13(12)17-6-5-16-11/h7-8H,3-6,15H2,1-2H3. The highest BCUT2D eigenvalue weighted by Gasteiger charge is 2.23. The lowest BCUT2D eigenvalue weighted by atomic mass is 9.93. The van der Waals surface area contributed by atoms with E-state index >= 15 is 0 Å². The number of hydrogen-bond donors (Lipinski definition) is 1. The van der Waals surface area contributed by atoms with Gasteiger partial charge in [0, 0.05) is 16.7 Å². The number of hydrogen-bond acceptors (Lipinski definition) is 3. The van der Waals surface area contributed by atoms with E-state index in [4.69, 9.17) is 26.8 Å². The van der Waals surface area contributed by atoms with Crippen LogP contribution in [0.15, 0.2) is 6.07 Å². The third-order valence-electron chi connectivity index (χ3n) is 2.90. The Kier molecular flexibility index (Phi) is 3.79. The van der Waals surface area contributed by atoms with Crippen LogP contribution in [0.25, 0.3) is 0 Å². The average molecular weight is 256 g/mol. The predicted octanol–water partition coefficient (Wildman–Crippen LogP) is 2.74. The third-order valence-corrected chi connectivity index (χ3v) is 3.24. The largest absolute Gasteiger partial charge is 0.486 e. The Morgan fingerprint density at radius 2 is 2.06 bits per heavy atom. The average Bonchev–Trinajstić information content (AvgIpc) is 2.29. The second-order valence-electron chi connectivity index (χ2n) is 4.47. The van der Waals surface area contributed by atoms with Crippen molar-refractivity contribution in [1.29, 1.82) is 0 Å². The molecule has 2 N–H and O–H groups in total. The van der Waals surface area contributed by atoms with E-state index in [9.17, 15) is 0 Å². The van der Waals surface area contributed by atoms with Crippen molar-refractivity contribution >= 4 is 11.6 Å². The van der Waals surface area contributed by atoms with E-state index in [1.807, 2.05) is 6.07 Å². The summed E-state index contributed by atoms with van der Waals surface area (Å²) in [4.78, 5) is 0. The molecule has 1 aromatic rings. The molecule has 0 saturated carbocycles. The molecule has 0 aliphatic carbocycles. The predicted molar refractivity (Wildman–Crippen MR) is 69.3 cm³/mol. The van der Waals surface area contributed by atoms with Crippen molar-refractivity contribution in [3.05, 3.63) is 22.2 Å². The van der Waals surface area contributed by atoms with Gasteiger partial charge in [-0.3, -0.25) is 0 Å². The summed E-state index contributed by atoms with van der Waals surface area (Å²) in [6.45, 7) is 6.01. The maximum absolute atomic E-state index is 6.30. The zero-order chi connectivity index (χ0) is 12.4. The van der Waals surface area contributed by atoms with Crippen molar-refractivity contribution in [1.82, 2.24) is 0 Å². The highest BCUT2D eigenvalue weighted by molar-refractivity contribution is 6.31. The molecular formula is C13H18ClNO2. The number of ether oxygens (including phenoxy) is 2. The quantitative estimate of drug-likeness (QED) is 0.903. The van der Waals surface area contributed by atoms with Crippen LogP contribution >= 0.6 is 11.6 Å². The Morgan fingerprint density at radius 3 is 2.71 bits per heavy atom. The van der Waals surface area contributed by atoms with E-state index in [0.717, 1.165) is 34.1 Å². The first kappa shape index (κ1) is 12.5. The third kappa shape index (κ3) is 2.35. The minimum Gasteiger partial charge on any atom is -0.486 e. The molecule has 0 aromatic heterocycles. The molecule has 17 heavy (non-hydrogen) atoms. The summed E-state index contributed by atoms with van der Waals surface area (Å²) in [6.07, 6.45) is 0.767. The number of benzene rings is 1. The lowest BCUT2D eigenvalue weighted by Gasteiger charge is -2.25. The fourth-order valence-electron chi connectivity index (χ4n) is 2.23. The molecule has 0 radical (unpaired) electrons. The minimum atomic E-state index is 0.339. The Bertz CT molecular complexity index is 418. The van der Waals surface area contributed by atoms with Crippen LogP contribution in [0.5, 0.6) is 11.5 Å². The van der Waals surface area contributed by atoms with Crippen LogP contribution in [0.2, 0.25) is 5.02 Å². The molecule has 0 saturated heterocycles. The normalized spacial score (nSPS) is 14.2. The molecule has 0 spiro atoms. The molecule has 0 amide bonds. The van der Waals surface area contributed by atoms with E-state index < -0.39 is 0 Å². The number of nitrogens with two attached hydrogens (primary N) is 1. The van der Waals surface area contributed by atoms with Gasteiger partial charge in [-0.15, -0.1) is 0 Å². The first-order valence-corrected chi connectivity index (χ1v) is 6.34. The Labute approximate surface area is 107 Å². The van der Waals surface area contributed by atoms with Gasteiger partial charge in [-0.1, -0.05) is 25.4 Å². The van der Waals surface area contributed by atoms with Crippen LogP contribution in [0, 0.1) is 0 Å². The molecule has 0 bridgehead atoms. The van der Waals surface area contributed by atoms with Gasteiger partial charge in [-0.2, -0.15) is 0 Å². The van der Waals surface area contributed by atoms with Crippen LogP contribution in [-0.4, -0.2) is 19.8 Å². The van der Waals surface area contributed by atoms with Gasteiger partial charge in [0.2, 0.25) is 0 Å². The molecule has 4 heteroatoms. The number of rotatable bonds is 3. The zero-order valence-corrected chi connectivity index (χ0v) is 11.0. The molecular weight excluding hydrogens is 238 g/mol. The summed E-state index contributed by atoms with van der Waals surface area (Å²) in [7, 11) is 0. The second kappa shape index (κ2) is 5.15. The van der Waals surface area contributed by atoms with Crippen LogP contribution in [0.3, 0.4) is 0 Å². The lowest BCUT2D eigenvalue weighted by molar-refractivity contribution is 0.169. The van der Waals surface area contributed by atoms with Crippen LogP contribution in [-0.2, 0) is 6.42 Å². The lowest BCUT2D eigenvalue weighted by Crippen LogP contribution is -2.18. The summed E-state index contributed by atoms with van der Waals surface area (Å²) in [6, 6.07) is 1.84. The van der Waals surface area contributed by atoms with Crippen LogP contribution < -0.4 is 15.2 Å². The van der Waals surface area contributed by atoms with Gasteiger partial charge in [0.05, 0.1) is 0 Å². The van der Waals surface area contributed by atoms with Crippen molar-refractivity contribution in [3.63, 3.8) is 0 Å². The van der Waals surface area contributed by atoms with Crippen LogP contribution in [0.4, 0.5) is 0 Å². The summed E-state index contributed by atoms with van der Waals surface area (Å²) >= 11 is 6.30. The summed E-state index contributed by atoms with van der Waals surface area (Å²) < 4.78 is 11.3. The van der Waals surface area contributed by atoms with Crippen molar-refractivity contribution in [2.24, 2.45) is 5.73 Å². The van der Waals surface area contributed by atoms with Gasteiger partial charge < -0.3 is 15.2 Å². The fourth-order valence-corrected chi connectivity index (χ4v) is 2.52. The van der Waals surface area contributed by atoms with Gasteiger partial charge in [-0.25, -0.2) is 0 Å². The summed E-state index contributed by atoms with van der Waals surface area (Å²) in [5.74, 6) is 1.94. The Hall–Kier alpha value is -0.930. The molecule has 1 aromatic carbocycles. The van der Waals surface area contributed by atoms with E-state index in [2.05, 4.69) is 13.8 Å². The van der Waals surface area contributed by atoms with E-state index in [1.165, 1.54) is 0 Å². The van der Waals surface area contributed by atoms with Crippen molar-refractivity contribution < 1.29 is 9.47 Å². The number of fused-ring (bicyclic) bond motifs is 1. The SMILES string of the molecule is CC(C)c1c(CCN)c(Cl)cc2c1OCCO2. The maximum Gasteiger partial charge on any atom is 0.165 e. The molecule has 1 aliphatic heterocycles. The van der Waals surface area contributed by atoms with E-state index in [0.29, 0.717) is 25.7 Å². The van der Waals surface area contributed by atoms with Crippen molar-refractivity contribution in [2.75, 3.05) is 19.8 Å². The number of halogens is 1. The first-order chi connectivity index (χ1) is 8.15. The smallest absolute Gasteiger partial charge is 0.165 e. The molecule has 1 heterocycles. The molecule has 0 atom stereocenters. The Morgan fingerprint density at radius 1 is 1.35 bits per heavy atom. The molecule has 3 nitrogen and oxygen atoms in total. The van der Waals surface area contributed by atoms with E-state index in [1.54, 1.807) is 0 Å². The van der Waals surface area contributed by atoms with Crippen LogP contribution in [0.1, 0.15) is 30.9 Å². The Balaban J connectivity index is 2.58. The summed E-state index contributed by atoms with van der Waals surface area (Å²) in [5, 5.41) is 0.725. The van der Waals surface area contributed by atoms with Gasteiger partial charge >= 0.3 is 0 Å². The topological polar surface area (TPSA) is 44.5 Å². The molecule has 2 rings (SSSR count). The van der Waals surface area contributed by atoms with Crippen molar-refractivity contribution in [2.45, 2.75) is 26.2 Å². The maximum atomic E-state index is 6.30. The first-order valence-electron chi connectivity index (χ1n) is 5.96. The molecule has 1 aliphatic rings. The monoisotopic (exact) mass is 255 g/mol. The minimum absolute atomic E-state index is 0.339. The molecule has 94 valence electrons. The molecule has 0 unspecified atom stereocenters. The van der Waals surface area contributed by atoms with Gasteiger partial charge in [0.25, 0.3) is 0 Å². The molecule has 0 fully saturated rings. The fraction of sp³-hybridized carbons (Fsp3) is 0.538. The van der Waals surface area contributed by atoms with Gasteiger partial charge in [-0.05, 0) is 24.4 Å². The van der Waals surface area contributed by atoms with Gasteiger partial charge in [0.15, 0.2) is 11.5 Å². The van der Waals surface area contributed by atoms with Crippen molar-refractivity contribution in [3.8, 4) is 11.5 Å². The summed E-state index contributed by atoms with van der Waals surface area (Å²) in [5.41, 5.74) is 7.87. The highest BCUT2D eigenvalue weighted by Crippen LogP contribution is 2.43. The second-order valence-corrected chi connectivity index (χ2v) is 4.88. The highest BCUT2D eigenvalue weighted by atomic mass is 35.5. The van der Waals surface area contributed by atoms with E-state index in [-0.39, 0.29) is 0 Å². The van der Waals surface area contributed by atoms with Gasteiger partial charge in [0.1, 0.15) is 13.2 Å².